The molecule has 1 saturated heterocycles. The van der Waals surface area contributed by atoms with Crippen LogP contribution in [0.5, 0.6) is 5.75 Å². The Balaban J connectivity index is 1.54. The lowest BCUT2D eigenvalue weighted by Gasteiger charge is -2.41. The molecule has 174 valence electrons. The van der Waals surface area contributed by atoms with Crippen LogP contribution in [0.4, 0.5) is 0 Å². The third-order valence-corrected chi connectivity index (χ3v) is 6.99. The molecule has 0 unspecified atom stereocenters. The van der Waals surface area contributed by atoms with Gasteiger partial charge in [0.1, 0.15) is 12.4 Å². The van der Waals surface area contributed by atoms with E-state index in [1.807, 2.05) is 47.1 Å². The van der Waals surface area contributed by atoms with E-state index in [0.29, 0.717) is 12.2 Å². The highest BCUT2D eigenvalue weighted by Crippen LogP contribution is 2.27. The molecule has 0 N–H and O–H groups in total. The molecule has 2 aliphatic heterocycles. The zero-order valence-electron chi connectivity index (χ0n) is 19.6. The van der Waals surface area contributed by atoms with Crippen LogP contribution in [0, 0.1) is 6.92 Å². The topological polar surface area (TPSA) is 59.8 Å². The van der Waals surface area contributed by atoms with Gasteiger partial charge in [0.15, 0.2) is 0 Å². The second-order valence-corrected chi connectivity index (χ2v) is 9.01. The number of methoxy groups -OCH3 is 1. The Kier molecular flexibility index (Phi) is 7.48. The number of carbonyl (C=O) groups excluding carboxylic acids is 1. The molecular formula is C25H36N4O3. The van der Waals surface area contributed by atoms with Gasteiger partial charge in [-0.3, -0.25) is 14.4 Å². The van der Waals surface area contributed by atoms with Gasteiger partial charge in [0, 0.05) is 50.6 Å². The molecule has 0 spiro atoms. The van der Waals surface area contributed by atoms with Gasteiger partial charge in [-0.1, -0.05) is 12.5 Å². The van der Waals surface area contributed by atoms with Crippen molar-refractivity contribution in [1.82, 2.24) is 19.6 Å². The molecule has 32 heavy (non-hydrogen) atoms. The quantitative estimate of drug-likeness (QED) is 0.732. The third kappa shape index (κ3) is 5.15. The van der Waals surface area contributed by atoms with Crippen LogP contribution in [0.15, 0.2) is 30.5 Å². The Morgan fingerprint density at radius 1 is 1.16 bits per heavy atom. The van der Waals surface area contributed by atoms with Crippen molar-refractivity contribution >= 4 is 5.91 Å². The maximum Gasteiger partial charge on any atom is 0.254 e. The molecule has 4 rings (SSSR count). The normalized spacial score (nSPS) is 23.3. The first-order chi connectivity index (χ1) is 15.6. The van der Waals surface area contributed by atoms with E-state index in [4.69, 9.17) is 9.47 Å². The number of piperidine rings is 1. The zero-order valence-corrected chi connectivity index (χ0v) is 19.6. The highest BCUT2D eigenvalue weighted by Gasteiger charge is 2.34. The van der Waals surface area contributed by atoms with Gasteiger partial charge in [-0.15, -0.1) is 0 Å². The molecule has 0 aliphatic carbocycles. The van der Waals surface area contributed by atoms with Crippen molar-refractivity contribution in [3.63, 3.8) is 0 Å². The second-order valence-electron chi connectivity index (χ2n) is 9.01. The van der Waals surface area contributed by atoms with E-state index in [-0.39, 0.29) is 18.1 Å². The largest absolute Gasteiger partial charge is 0.492 e. The average molecular weight is 441 g/mol. The summed E-state index contributed by atoms with van der Waals surface area (Å²) in [6.45, 7) is 6.21. The molecular weight excluding hydrogens is 404 g/mol. The number of ether oxygens (including phenoxy) is 2. The minimum atomic E-state index is 0.0907. The van der Waals surface area contributed by atoms with Crippen molar-refractivity contribution in [3.05, 3.63) is 47.3 Å². The van der Waals surface area contributed by atoms with Crippen molar-refractivity contribution in [2.24, 2.45) is 7.05 Å². The molecule has 1 amide bonds. The van der Waals surface area contributed by atoms with Crippen LogP contribution < -0.4 is 4.74 Å². The first kappa shape index (κ1) is 22.8. The van der Waals surface area contributed by atoms with E-state index in [1.165, 1.54) is 11.3 Å². The monoisotopic (exact) mass is 440 g/mol. The Morgan fingerprint density at radius 2 is 2.03 bits per heavy atom. The summed E-state index contributed by atoms with van der Waals surface area (Å²) in [6, 6.07) is 7.76. The van der Waals surface area contributed by atoms with Gasteiger partial charge >= 0.3 is 0 Å². The fourth-order valence-corrected chi connectivity index (χ4v) is 4.97. The standard InChI is InChI=1S/C25H36N4O3/c1-19-21(17-26-27(19)2)18-28-12-5-4-10-23-24(31-3)11-7-13-29(23)25(30)20-8-6-9-22(16-20)32-15-14-28/h6,8-9,16-17,23-24H,4-5,7,10-15,18H2,1-3H3/t23-,24-/m0/s1. The molecule has 1 fully saturated rings. The number of amides is 1. The lowest BCUT2D eigenvalue weighted by atomic mass is 9.93. The Morgan fingerprint density at radius 3 is 2.81 bits per heavy atom. The van der Waals surface area contributed by atoms with Crippen molar-refractivity contribution < 1.29 is 14.3 Å². The summed E-state index contributed by atoms with van der Waals surface area (Å²) in [6.07, 6.45) is 7.20. The van der Waals surface area contributed by atoms with Gasteiger partial charge in [-0.2, -0.15) is 5.10 Å². The summed E-state index contributed by atoms with van der Waals surface area (Å²) >= 11 is 0. The minimum Gasteiger partial charge on any atom is -0.492 e. The summed E-state index contributed by atoms with van der Waals surface area (Å²) in [7, 11) is 3.76. The first-order valence-electron chi connectivity index (χ1n) is 11.8. The Labute approximate surface area is 191 Å². The Hall–Kier alpha value is -2.38. The maximum absolute atomic E-state index is 13.4. The van der Waals surface area contributed by atoms with Crippen molar-refractivity contribution in [2.75, 3.05) is 33.4 Å². The number of benzene rings is 1. The first-order valence-corrected chi connectivity index (χ1v) is 11.8. The van der Waals surface area contributed by atoms with Gasteiger partial charge in [-0.05, 0) is 57.4 Å². The number of aryl methyl sites for hydroxylation is 1. The van der Waals surface area contributed by atoms with Crippen LogP contribution in [0.25, 0.3) is 0 Å². The van der Waals surface area contributed by atoms with Crippen LogP contribution >= 0.6 is 0 Å². The Bertz CT molecular complexity index is 912. The summed E-state index contributed by atoms with van der Waals surface area (Å²) in [5.41, 5.74) is 3.17. The molecule has 1 aromatic heterocycles. The van der Waals surface area contributed by atoms with Gasteiger partial charge < -0.3 is 14.4 Å². The van der Waals surface area contributed by atoms with Crippen molar-refractivity contribution in [2.45, 2.75) is 57.7 Å². The number of rotatable bonds is 3. The van der Waals surface area contributed by atoms with Crippen molar-refractivity contribution in [1.29, 1.82) is 0 Å². The van der Waals surface area contributed by atoms with Crippen molar-refractivity contribution in [3.8, 4) is 5.75 Å². The predicted octanol–water partition coefficient (Wildman–Crippen LogP) is 3.41. The van der Waals surface area contributed by atoms with E-state index in [0.717, 1.165) is 64.0 Å². The van der Waals surface area contributed by atoms with Crippen LogP contribution in [-0.2, 0) is 18.3 Å². The second kappa shape index (κ2) is 10.5. The molecule has 2 bridgehead atoms. The molecule has 7 heteroatoms. The van der Waals surface area contributed by atoms with E-state index in [1.54, 1.807) is 7.11 Å². The summed E-state index contributed by atoms with van der Waals surface area (Å²) in [4.78, 5) is 17.9. The smallest absolute Gasteiger partial charge is 0.254 e. The zero-order chi connectivity index (χ0) is 22.5. The van der Waals surface area contributed by atoms with Crippen LogP contribution in [0.3, 0.4) is 0 Å². The van der Waals surface area contributed by atoms with Crippen LogP contribution in [-0.4, -0.2) is 71.0 Å². The summed E-state index contributed by atoms with van der Waals surface area (Å²) < 4.78 is 13.8. The molecule has 7 nitrogen and oxygen atoms in total. The average Bonchev–Trinajstić information content (AvgIpc) is 3.12. The van der Waals surface area contributed by atoms with Crippen LogP contribution in [0.2, 0.25) is 0 Å². The molecule has 2 aromatic rings. The fourth-order valence-electron chi connectivity index (χ4n) is 4.97. The number of nitrogens with zero attached hydrogens (tertiary/aromatic N) is 4. The number of aromatic nitrogens is 2. The number of hydrogen-bond acceptors (Lipinski definition) is 5. The highest BCUT2D eigenvalue weighted by molar-refractivity contribution is 5.95. The van der Waals surface area contributed by atoms with E-state index in [2.05, 4.69) is 16.9 Å². The molecule has 2 aliphatic rings. The SMILES string of the molecule is CO[C@H]1CCCN2C(=O)c3cccc(c3)OCCN(Cc3cnn(C)c3C)CCCC[C@@H]12. The van der Waals surface area contributed by atoms with Crippen LogP contribution in [0.1, 0.15) is 53.7 Å². The molecule has 3 heterocycles. The maximum atomic E-state index is 13.4. The minimum absolute atomic E-state index is 0.0907. The van der Waals surface area contributed by atoms with Gasteiger partial charge in [0.05, 0.1) is 18.3 Å². The lowest BCUT2D eigenvalue weighted by molar-refractivity contribution is -0.0156. The lowest BCUT2D eigenvalue weighted by Crippen LogP contribution is -2.51. The summed E-state index contributed by atoms with van der Waals surface area (Å²) in [5, 5.41) is 4.40. The van der Waals surface area contributed by atoms with E-state index in [9.17, 15) is 4.79 Å². The molecule has 2 atom stereocenters. The number of fused-ring (bicyclic) bond motifs is 3. The van der Waals surface area contributed by atoms with E-state index >= 15 is 0 Å². The number of carbonyl (C=O) groups is 1. The highest BCUT2D eigenvalue weighted by atomic mass is 16.5. The third-order valence-electron chi connectivity index (χ3n) is 6.99. The molecule has 0 saturated carbocycles. The van der Waals surface area contributed by atoms with Gasteiger partial charge in [-0.25, -0.2) is 0 Å². The van der Waals surface area contributed by atoms with Gasteiger partial charge in [0.2, 0.25) is 0 Å². The fraction of sp³-hybridized carbons (Fsp3) is 0.600. The number of hydrogen-bond donors (Lipinski definition) is 0. The van der Waals surface area contributed by atoms with E-state index < -0.39 is 0 Å². The summed E-state index contributed by atoms with van der Waals surface area (Å²) in [5.74, 6) is 0.843. The predicted molar refractivity (Wildman–Crippen MR) is 124 cm³/mol. The molecule has 1 aromatic carbocycles. The van der Waals surface area contributed by atoms with Gasteiger partial charge in [0.25, 0.3) is 5.91 Å². The molecule has 0 radical (unpaired) electrons.